The van der Waals surface area contributed by atoms with Crippen LogP contribution in [0.15, 0.2) is 64.6 Å². The lowest BCUT2D eigenvalue weighted by Crippen LogP contribution is -2.38. The number of nitrogens with one attached hydrogen (secondary N) is 2. The number of rotatable bonds is 8. The van der Waals surface area contributed by atoms with E-state index in [2.05, 4.69) is 10.0 Å². The standard InChI is InChI=1S/C19H21N3O4S2/c1-28(24,25)21-16-6-2-5-15(11-16)12-20-19(23)22(13-17-7-3-9-26-17)14-18-8-4-10-27-18/h2-11,21H,12-14H2,1H3,(H,20,23). The Hall–Kier alpha value is -2.78. The van der Waals surface area contributed by atoms with Gasteiger partial charge in [0.1, 0.15) is 5.76 Å². The van der Waals surface area contributed by atoms with Crippen molar-refractivity contribution in [3.63, 3.8) is 0 Å². The van der Waals surface area contributed by atoms with Crippen molar-refractivity contribution in [3.05, 3.63) is 76.4 Å². The first kappa shape index (κ1) is 20.0. The fourth-order valence-corrected chi connectivity index (χ4v) is 3.90. The van der Waals surface area contributed by atoms with Crippen molar-refractivity contribution in [3.8, 4) is 0 Å². The van der Waals surface area contributed by atoms with Crippen molar-refractivity contribution in [1.29, 1.82) is 0 Å². The molecule has 2 aromatic heterocycles. The number of urea groups is 1. The molecule has 0 bridgehead atoms. The largest absolute Gasteiger partial charge is 0.467 e. The van der Waals surface area contributed by atoms with Crippen molar-refractivity contribution >= 4 is 33.1 Å². The topological polar surface area (TPSA) is 91.7 Å². The number of carbonyl (C=O) groups excluding carboxylic acids is 1. The molecule has 0 radical (unpaired) electrons. The van der Waals surface area contributed by atoms with Crippen LogP contribution in [0, 0.1) is 0 Å². The number of furan rings is 1. The SMILES string of the molecule is CS(=O)(=O)Nc1cccc(CNC(=O)N(Cc2ccco2)Cc2cccs2)c1. The number of benzene rings is 1. The zero-order valence-corrected chi connectivity index (χ0v) is 16.9. The van der Waals surface area contributed by atoms with E-state index in [4.69, 9.17) is 4.42 Å². The zero-order valence-electron chi connectivity index (χ0n) is 15.3. The van der Waals surface area contributed by atoms with Crippen LogP contribution in [0.3, 0.4) is 0 Å². The van der Waals surface area contributed by atoms with E-state index in [1.165, 1.54) is 0 Å². The third-order valence-electron chi connectivity index (χ3n) is 3.81. The number of nitrogens with zero attached hydrogens (tertiary/aromatic N) is 1. The molecule has 0 saturated heterocycles. The van der Waals surface area contributed by atoms with Gasteiger partial charge in [-0.3, -0.25) is 4.72 Å². The lowest BCUT2D eigenvalue weighted by molar-refractivity contribution is 0.187. The predicted molar refractivity (Wildman–Crippen MR) is 109 cm³/mol. The van der Waals surface area contributed by atoms with E-state index >= 15 is 0 Å². The van der Waals surface area contributed by atoms with Gasteiger partial charge in [-0.15, -0.1) is 11.3 Å². The van der Waals surface area contributed by atoms with Crippen molar-refractivity contribution in [1.82, 2.24) is 10.2 Å². The van der Waals surface area contributed by atoms with Gasteiger partial charge in [0, 0.05) is 17.1 Å². The molecule has 0 aliphatic carbocycles. The summed E-state index contributed by atoms with van der Waals surface area (Å²) in [7, 11) is -3.35. The highest BCUT2D eigenvalue weighted by Gasteiger charge is 2.16. The Labute approximate surface area is 168 Å². The summed E-state index contributed by atoms with van der Waals surface area (Å²) >= 11 is 1.59. The second-order valence-corrected chi connectivity index (χ2v) is 9.03. The van der Waals surface area contributed by atoms with Crippen LogP contribution in [0.1, 0.15) is 16.2 Å². The van der Waals surface area contributed by atoms with E-state index in [-0.39, 0.29) is 12.6 Å². The Kier molecular flexibility index (Phi) is 6.37. The highest BCUT2D eigenvalue weighted by Crippen LogP contribution is 2.16. The summed E-state index contributed by atoms with van der Waals surface area (Å²) in [5.41, 5.74) is 1.25. The molecule has 0 fully saturated rings. The van der Waals surface area contributed by atoms with Gasteiger partial charge in [-0.1, -0.05) is 18.2 Å². The Morgan fingerprint density at radius 1 is 1.14 bits per heavy atom. The average Bonchev–Trinajstić information content (AvgIpc) is 3.32. The number of amides is 2. The first-order valence-electron chi connectivity index (χ1n) is 8.53. The number of hydrogen-bond acceptors (Lipinski definition) is 5. The van der Waals surface area contributed by atoms with Crippen molar-refractivity contribution < 1.29 is 17.6 Å². The molecular weight excluding hydrogens is 398 g/mol. The van der Waals surface area contributed by atoms with Gasteiger partial charge in [-0.25, -0.2) is 13.2 Å². The zero-order chi connectivity index (χ0) is 20.0. The second-order valence-electron chi connectivity index (χ2n) is 6.25. The highest BCUT2D eigenvalue weighted by atomic mass is 32.2. The maximum atomic E-state index is 12.7. The molecule has 0 spiro atoms. The minimum Gasteiger partial charge on any atom is -0.467 e. The second kappa shape index (κ2) is 8.94. The summed E-state index contributed by atoms with van der Waals surface area (Å²) in [6.45, 7) is 1.10. The first-order chi connectivity index (χ1) is 13.4. The van der Waals surface area contributed by atoms with Gasteiger partial charge in [0.15, 0.2) is 0 Å². The van der Waals surface area contributed by atoms with Crippen molar-refractivity contribution in [2.24, 2.45) is 0 Å². The summed E-state index contributed by atoms with van der Waals surface area (Å²) < 4.78 is 30.6. The molecule has 3 rings (SSSR count). The third-order valence-corrected chi connectivity index (χ3v) is 5.28. The van der Waals surface area contributed by atoms with Crippen LogP contribution in [0.2, 0.25) is 0 Å². The van der Waals surface area contributed by atoms with Gasteiger partial charge in [-0.05, 0) is 41.3 Å². The third kappa shape index (κ3) is 6.14. The van der Waals surface area contributed by atoms with E-state index in [0.29, 0.717) is 24.5 Å². The molecule has 0 aliphatic rings. The van der Waals surface area contributed by atoms with Crippen LogP contribution in [0.25, 0.3) is 0 Å². The highest BCUT2D eigenvalue weighted by molar-refractivity contribution is 7.92. The Morgan fingerprint density at radius 2 is 2.00 bits per heavy atom. The maximum absolute atomic E-state index is 12.7. The average molecular weight is 420 g/mol. The van der Waals surface area contributed by atoms with Crippen LogP contribution >= 0.6 is 11.3 Å². The van der Waals surface area contributed by atoms with Crippen molar-refractivity contribution in [2.75, 3.05) is 11.0 Å². The van der Waals surface area contributed by atoms with E-state index in [1.54, 1.807) is 46.8 Å². The molecule has 2 N–H and O–H groups in total. The lowest BCUT2D eigenvalue weighted by atomic mass is 10.2. The monoisotopic (exact) mass is 419 g/mol. The molecule has 0 aliphatic heterocycles. The molecule has 9 heteroatoms. The van der Waals surface area contributed by atoms with Gasteiger partial charge in [0.25, 0.3) is 0 Å². The molecule has 0 unspecified atom stereocenters. The maximum Gasteiger partial charge on any atom is 0.318 e. The molecule has 7 nitrogen and oxygen atoms in total. The molecule has 0 saturated carbocycles. The summed E-state index contributed by atoms with van der Waals surface area (Å²) in [5.74, 6) is 0.700. The van der Waals surface area contributed by atoms with E-state index in [0.717, 1.165) is 16.7 Å². The summed E-state index contributed by atoms with van der Waals surface area (Å²) in [6.07, 6.45) is 2.68. The minimum atomic E-state index is -3.35. The van der Waals surface area contributed by atoms with Crippen LogP contribution in [0.4, 0.5) is 10.5 Å². The number of hydrogen-bond donors (Lipinski definition) is 2. The number of carbonyl (C=O) groups is 1. The number of sulfonamides is 1. The van der Waals surface area contributed by atoms with Crippen molar-refractivity contribution in [2.45, 2.75) is 19.6 Å². The Bertz CT molecular complexity index is 964. The fraction of sp³-hybridized carbons (Fsp3) is 0.211. The first-order valence-corrected chi connectivity index (χ1v) is 11.3. The van der Waals surface area contributed by atoms with Gasteiger partial charge < -0.3 is 14.6 Å². The number of anilines is 1. The predicted octanol–water partition coefficient (Wildman–Crippen LogP) is 3.62. The molecule has 0 atom stereocenters. The van der Waals surface area contributed by atoms with Crippen LogP contribution in [0.5, 0.6) is 0 Å². The fourth-order valence-electron chi connectivity index (χ4n) is 2.63. The Balaban J connectivity index is 1.65. The Morgan fingerprint density at radius 3 is 2.68 bits per heavy atom. The van der Waals surface area contributed by atoms with Crippen LogP contribution in [-0.4, -0.2) is 25.6 Å². The van der Waals surface area contributed by atoms with Crippen LogP contribution in [-0.2, 0) is 29.7 Å². The summed E-state index contributed by atoms with van der Waals surface area (Å²) in [4.78, 5) is 15.5. The van der Waals surface area contributed by atoms with Gasteiger partial charge >= 0.3 is 6.03 Å². The molecular formula is C19H21N3O4S2. The van der Waals surface area contributed by atoms with Gasteiger partial charge in [0.05, 0.1) is 25.6 Å². The molecule has 2 amide bonds. The lowest BCUT2D eigenvalue weighted by Gasteiger charge is -2.21. The van der Waals surface area contributed by atoms with Gasteiger partial charge in [-0.2, -0.15) is 0 Å². The van der Waals surface area contributed by atoms with Crippen LogP contribution < -0.4 is 10.0 Å². The molecule has 148 valence electrons. The molecule has 28 heavy (non-hydrogen) atoms. The summed E-state index contributed by atoms with van der Waals surface area (Å²) in [6, 6.07) is 14.2. The van der Waals surface area contributed by atoms with E-state index in [9.17, 15) is 13.2 Å². The van der Waals surface area contributed by atoms with E-state index in [1.807, 2.05) is 29.6 Å². The smallest absolute Gasteiger partial charge is 0.318 e. The normalized spacial score (nSPS) is 11.2. The molecule has 3 aromatic rings. The van der Waals surface area contributed by atoms with Gasteiger partial charge in [0.2, 0.25) is 10.0 Å². The number of thiophene rings is 1. The molecule has 1 aromatic carbocycles. The summed E-state index contributed by atoms with van der Waals surface area (Å²) in [5, 5.41) is 4.86. The minimum absolute atomic E-state index is 0.230. The quantitative estimate of drug-likeness (QED) is 0.583. The molecule has 2 heterocycles. The van der Waals surface area contributed by atoms with E-state index < -0.39 is 10.0 Å².